The summed E-state index contributed by atoms with van der Waals surface area (Å²) in [6.07, 6.45) is 2.74. The second kappa shape index (κ2) is 6.58. The predicted octanol–water partition coefficient (Wildman–Crippen LogP) is 1.26. The molecule has 0 amide bonds. The van der Waals surface area contributed by atoms with Gasteiger partial charge < -0.3 is 15.1 Å². The summed E-state index contributed by atoms with van der Waals surface area (Å²) in [6, 6.07) is 1.26. The minimum atomic E-state index is 0.615. The largest absolute Gasteiger partial charge is 0.312 e. The third kappa shape index (κ3) is 4.40. The summed E-state index contributed by atoms with van der Waals surface area (Å²) in [4.78, 5) is 4.73. The van der Waals surface area contributed by atoms with Crippen LogP contribution in [0.5, 0.6) is 0 Å². The van der Waals surface area contributed by atoms with Gasteiger partial charge in [0.1, 0.15) is 0 Å². The van der Waals surface area contributed by atoms with Gasteiger partial charge in [-0.1, -0.05) is 0 Å². The third-order valence-corrected chi connectivity index (χ3v) is 3.98. The number of nitrogens with zero attached hydrogens (tertiary/aromatic N) is 2. The maximum absolute atomic E-state index is 3.69. The topological polar surface area (TPSA) is 18.5 Å². The number of likely N-dealkylation sites (N-methyl/N-ethyl adjacent to an activating group) is 1. The molecule has 0 radical (unpaired) electrons. The Kier molecular flexibility index (Phi) is 5.73. The Labute approximate surface area is 101 Å². The molecule has 1 fully saturated rings. The second-order valence-corrected chi connectivity index (χ2v) is 5.67. The Hall–Kier alpha value is -0.120. The Morgan fingerprint density at radius 2 is 2.06 bits per heavy atom. The van der Waals surface area contributed by atoms with Crippen LogP contribution in [0.25, 0.3) is 0 Å². The fourth-order valence-corrected chi connectivity index (χ4v) is 2.32. The third-order valence-electron chi connectivity index (χ3n) is 3.98. The lowest BCUT2D eigenvalue weighted by molar-refractivity contribution is 0.173. The molecule has 0 saturated carbocycles. The van der Waals surface area contributed by atoms with E-state index in [1.165, 1.54) is 25.9 Å². The van der Waals surface area contributed by atoms with Crippen molar-refractivity contribution >= 4 is 0 Å². The highest BCUT2D eigenvalue weighted by Crippen LogP contribution is 2.18. The monoisotopic (exact) mass is 227 g/mol. The fraction of sp³-hybridized carbons (Fsp3) is 1.00. The first-order valence-electron chi connectivity index (χ1n) is 6.59. The van der Waals surface area contributed by atoms with Gasteiger partial charge in [0, 0.05) is 25.2 Å². The Morgan fingerprint density at radius 3 is 2.62 bits per heavy atom. The van der Waals surface area contributed by atoms with Gasteiger partial charge in [-0.05, 0) is 60.3 Å². The molecular formula is C13H29N3. The smallest absolute Gasteiger partial charge is 0.0186 e. The number of hydrogen-bond donors (Lipinski definition) is 1. The van der Waals surface area contributed by atoms with Gasteiger partial charge in [-0.2, -0.15) is 0 Å². The van der Waals surface area contributed by atoms with Crippen LogP contribution < -0.4 is 5.32 Å². The molecule has 1 aliphatic heterocycles. The molecule has 0 aromatic carbocycles. The van der Waals surface area contributed by atoms with E-state index in [1.807, 2.05) is 0 Å². The van der Waals surface area contributed by atoms with E-state index in [0.29, 0.717) is 12.1 Å². The van der Waals surface area contributed by atoms with Crippen molar-refractivity contribution in [2.75, 3.05) is 40.8 Å². The van der Waals surface area contributed by atoms with Crippen LogP contribution in [0.4, 0.5) is 0 Å². The zero-order valence-corrected chi connectivity index (χ0v) is 11.7. The quantitative estimate of drug-likeness (QED) is 0.763. The molecule has 1 heterocycles. The van der Waals surface area contributed by atoms with Crippen LogP contribution in [0.15, 0.2) is 0 Å². The molecule has 1 saturated heterocycles. The Morgan fingerprint density at radius 1 is 1.38 bits per heavy atom. The molecule has 0 aliphatic carbocycles. The highest BCUT2D eigenvalue weighted by atomic mass is 15.1. The zero-order valence-electron chi connectivity index (χ0n) is 11.7. The Balaban J connectivity index is 2.26. The molecule has 0 aromatic heterocycles. The standard InChI is InChI=1S/C13H29N3/c1-11(15(3)4)9-14-12(2)13-7-6-8-16(5)10-13/h11-14H,6-10H2,1-5H3. The molecule has 0 aromatic rings. The van der Waals surface area contributed by atoms with Crippen LogP contribution in [0, 0.1) is 5.92 Å². The van der Waals surface area contributed by atoms with Gasteiger partial charge in [0.2, 0.25) is 0 Å². The molecule has 1 rings (SSSR count). The van der Waals surface area contributed by atoms with E-state index in [0.717, 1.165) is 12.5 Å². The van der Waals surface area contributed by atoms with Crippen molar-refractivity contribution in [2.45, 2.75) is 38.8 Å². The first-order valence-corrected chi connectivity index (χ1v) is 6.59. The number of likely N-dealkylation sites (tertiary alicyclic amines) is 1. The molecule has 0 spiro atoms. The van der Waals surface area contributed by atoms with Gasteiger partial charge in [0.15, 0.2) is 0 Å². The van der Waals surface area contributed by atoms with Crippen molar-refractivity contribution in [2.24, 2.45) is 5.92 Å². The molecular weight excluding hydrogens is 198 g/mol. The summed E-state index contributed by atoms with van der Waals surface area (Å²) in [5, 5.41) is 3.69. The van der Waals surface area contributed by atoms with Crippen LogP contribution in [-0.4, -0.2) is 62.7 Å². The molecule has 1 N–H and O–H groups in total. The van der Waals surface area contributed by atoms with E-state index in [9.17, 15) is 0 Å². The summed E-state index contributed by atoms with van der Waals surface area (Å²) >= 11 is 0. The molecule has 3 nitrogen and oxygen atoms in total. The number of piperidine rings is 1. The lowest BCUT2D eigenvalue weighted by Gasteiger charge is -2.34. The van der Waals surface area contributed by atoms with E-state index in [1.54, 1.807) is 0 Å². The molecule has 3 heteroatoms. The van der Waals surface area contributed by atoms with Crippen molar-refractivity contribution in [3.63, 3.8) is 0 Å². The summed E-state index contributed by atoms with van der Waals surface area (Å²) in [6.45, 7) is 8.23. The zero-order chi connectivity index (χ0) is 12.1. The van der Waals surface area contributed by atoms with E-state index in [4.69, 9.17) is 0 Å². The first kappa shape index (κ1) is 13.9. The van der Waals surface area contributed by atoms with Crippen molar-refractivity contribution in [3.8, 4) is 0 Å². The summed E-state index contributed by atoms with van der Waals surface area (Å²) in [5.74, 6) is 0.827. The SMILES string of the molecule is CC(NCC(C)N(C)C)C1CCCN(C)C1. The van der Waals surface area contributed by atoms with Gasteiger partial charge in [-0.3, -0.25) is 0 Å². The van der Waals surface area contributed by atoms with Crippen LogP contribution in [-0.2, 0) is 0 Å². The van der Waals surface area contributed by atoms with Crippen molar-refractivity contribution in [1.29, 1.82) is 0 Å². The molecule has 16 heavy (non-hydrogen) atoms. The lowest BCUT2D eigenvalue weighted by atomic mass is 9.92. The first-order chi connectivity index (χ1) is 7.50. The minimum absolute atomic E-state index is 0.615. The number of rotatable bonds is 5. The van der Waals surface area contributed by atoms with Gasteiger partial charge in [-0.25, -0.2) is 0 Å². The van der Waals surface area contributed by atoms with E-state index >= 15 is 0 Å². The summed E-state index contributed by atoms with van der Waals surface area (Å²) < 4.78 is 0. The highest BCUT2D eigenvalue weighted by molar-refractivity contribution is 4.80. The maximum Gasteiger partial charge on any atom is 0.0186 e. The fourth-order valence-electron chi connectivity index (χ4n) is 2.32. The molecule has 3 unspecified atom stereocenters. The second-order valence-electron chi connectivity index (χ2n) is 5.67. The van der Waals surface area contributed by atoms with E-state index in [2.05, 4.69) is 50.1 Å². The van der Waals surface area contributed by atoms with Crippen molar-refractivity contribution < 1.29 is 0 Å². The predicted molar refractivity (Wildman–Crippen MR) is 70.8 cm³/mol. The van der Waals surface area contributed by atoms with Gasteiger partial charge >= 0.3 is 0 Å². The summed E-state index contributed by atoms with van der Waals surface area (Å²) in [7, 11) is 6.53. The van der Waals surface area contributed by atoms with Gasteiger partial charge in [-0.15, -0.1) is 0 Å². The van der Waals surface area contributed by atoms with Crippen molar-refractivity contribution in [1.82, 2.24) is 15.1 Å². The van der Waals surface area contributed by atoms with Crippen LogP contribution in [0.1, 0.15) is 26.7 Å². The number of hydrogen-bond acceptors (Lipinski definition) is 3. The highest BCUT2D eigenvalue weighted by Gasteiger charge is 2.22. The van der Waals surface area contributed by atoms with Crippen LogP contribution in [0.3, 0.4) is 0 Å². The minimum Gasteiger partial charge on any atom is -0.312 e. The molecule has 96 valence electrons. The normalized spacial score (nSPS) is 27.0. The average Bonchev–Trinajstić information content (AvgIpc) is 2.25. The van der Waals surface area contributed by atoms with E-state index in [-0.39, 0.29) is 0 Å². The molecule has 0 bridgehead atoms. The average molecular weight is 227 g/mol. The van der Waals surface area contributed by atoms with Crippen LogP contribution in [0.2, 0.25) is 0 Å². The van der Waals surface area contributed by atoms with Crippen LogP contribution >= 0.6 is 0 Å². The van der Waals surface area contributed by atoms with Gasteiger partial charge in [0.05, 0.1) is 0 Å². The summed E-state index contributed by atoms with van der Waals surface area (Å²) in [5.41, 5.74) is 0. The van der Waals surface area contributed by atoms with Crippen molar-refractivity contribution in [3.05, 3.63) is 0 Å². The van der Waals surface area contributed by atoms with Gasteiger partial charge in [0.25, 0.3) is 0 Å². The lowest BCUT2D eigenvalue weighted by Crippen LogP contribution is -2.46. The maximum atomic E-state index is 3.69. The number of nitrogens with one attached hydrogen (secondary N) is 1. The Bertz CT molecular complexity index is 194. The molecule has 3 atom stereocenters. The van der Waals surface area contributed by atoms with E-state index < -0.39 is 0 Å². The molecule has 1 aliphatic rings.